The van der Waals surface area contributed by atoms with E-state index in [4.69, 9.17) is 0 Å². The molecule has 1 aliphatic rings. The van der Waals surface area contributed by atoms with E-state index in [1.807, 2.05) is 0 Å². The molecule has 0 spiro atoms. The molecule has 0 radical (unpaired) electrons. The first-order valence-electron chi connectivity index (χ1n) is 7.40. The third-order valence-corrected chi connectivity index (χ3v) is 4.15. The lowest BCUT2D eigenvalue weighted by Gasteiger charge is -2.32. The maximum absolute atomic E-state index is 4.63. The van der Waals surface area contributed by atoms with Crippen molar-refractivity contribution in [1.82, 2.24) is 10.3 Å². The Morgan fingerprint density at radius 2 is 1.94 bits per heavy atom. The minimum Gasteiger partial charge on any atom is -0.310 e. The highest BCUT2D eigenvalue weighted by atomic mass is 14.9. The van der Waals surface area contributed by atoms with Crippen molar-refractivity contribution in [1.29, 1.82) is 0 Å². The van der Waals surface area contributed by atoms with Gasteiger partial charge in [-0.05, 0) is 50.8 Å². The second-order valence-electron chi connectivity index (χ2n) is 5.56. The van der Waals surface area contributed by atoms with Crippen molar-refractivity contribution >= 4 is 0 Å². The monoisotopic (exact) mass is 246 g/mol. The molecule has 1 fully saturated rings. The summed E-state index contributed by atoms with van der Waals surface area (Å²) in [6.07, 6.45) is 6.94. The van der Waals surface area contributed by atoms with Crippen molar-refractivity contribution in [3.05, 3.63) is 29.1 Å². The molecule has 0 aromatic carbocycles. The van der Waals surface area contributed by atoms with Crippen LogP contribution in [0.15, 0.2) is 12.1 Å². The van der Waals surface area contributed by atoms with Crippen molar-refractivity contribution in [3.8, 4) is 0 Å². The van der Waals surface area contributed by atoms with Crippen molar-refractivity contribution in [3.63, 3.8) is 0 Å². The highest BCUT2D eigenvalue weighted by molar-refractivity contribution is 5.26. The lowest BCUT2D eigenvalue weighted by Crippen LogP contribution is -2.30. The summed E-state index contributed by atoms with van der Waals surface area (Å²) in [4.78, 5) is 4.63. The minimum absolute atomic E-state index is 0.503. The van der Waals surface area contributed by atoms with Gasteiger partial charge < -0.3 is 5.32 Å². The van der Waals surface area contributed by atoms with Gasteiger partial charge in [-0.3, -0.25) is 4.98 Å². The Bertz CT molecular complexity index is 381. The van der Waals surface area contributed by atoms with Gasteiger partial charge in [-0.2, -0.15) is 0 Å². The summed E-state index contributed by atoms with van der Waals surface area (Å²) in [6, 6.07) is 4.93. The van der Waals surface area contributed by atoms with E-state index in [0.29, 0.717) is 6.04 Å². The number of nitrogens with zero attached hydrogens (tertiary/aromatic N) is 1. The molecule has 1 unspecified atom stereocenters. The summed E-state index contributed by atoms with van der Waals surface area (Å²) in [7, 11) is 0. The van der Waals surface area contributed by atoms with Crippen LogP contribution in [-0.4, -0.2) is 11.5 Å². The van der Waals surface area contributed by atoms with E-state index in [1.165, 1.54) is 43.4 Å². The summed E-state index contributed by atoms with van der Waals surface area (Å²) in [5, 5.41) is 3.69. The van der Waals surface area contributed by atoms with Crippen molar-refractivity contribution in [2.24, 2.45) is 5.92 Å². The molecule has 0 aliphatic heterocycles. The molecular weight excluding hydrogens is 220 g/mol. The Labute approximate surface area is 111 Å². The number of hydrogen-bond donors (Lipinski definition) is 1. The van der Waals surface area contributed by atoms with Gasteiger partial charge in [-0.15, -0.1) is 0 Å². The van der Waals surface area contributed by atoms with E-state index in [1.54, 1.807) is 0 Å². The van der Waals surface area contributed by atoms with Gasteiger partial charge in [0.1, 0.15) is 0 Å². The Kier molecular flexibility index (Phi) is 4.76. The first-order chi connectivity index (χ1) is 8.72. The molecule has 1 saturated carbocycles. The summed E-state index contributed by atoms with van der Waals surface area (Å²) in [5.74, 6) is 0.793. The van der Waals surface area contributed by atoms with Gasteiger partial charge in [0.2, 0.25) is 0 Å². The number of rotatable bonds is 4. The van der Waals surface area contributed by atoms with Crippen LogP contribution in [0.4, 0.5) is 0 Å². The van der Waals surface area contributed by atoms with E-state index in [0.717, 1.165) is 18.2 Å². The largest absolute Gasteiger partial charge is 0.310 e. The normalized spacial score (nSPS) is 18.8. The quantitative estimate of drug-likeness (QED) is 0.870. The molecule has 0 bridgehead atoms. The first kappa shape index (κ1) is 13.5. The maximum Gasteiger partial charge on any atom is 0.0423 e. The van der Waals surface area contributed by atoms with Crippen LogP contribution in [0.2, 0.25) is 0 Å². The van der Waals surface area contributed by atoms with E-state index >= 15 is 0 Å². The lowest BCUT2D eigenvalue weighted by atomic mass is 9.80. The van der Waals surface area contributed by atoms with Crippen LogP contribution in [-0.2, 0) is 0 Å². The fraction of sp³-hybridized carbons (Fsp3) is 0.688. The van der Waals surface area contributed by atoms with Crippen LogP contribution in [0.25, 0.3) is 0 Å². The number of hydrogen-bond acceptors (Lipinski definition) is 2. The average Bonchev–Trinajstić information content (AvgIpc) is 2.38. The van der Waals surface area contributed by atoms with E-state index < -0.39 is 0 Å². The van der Waals surface area contributed by atoms with Gasteiger partial charge >= 0.3 is 0 Å². The predicted molar refractivity (Wildman–Crippen MR) is 76.7 cm³/mol. The number of nitrogens with one attached hydrogen (secondary N) is 1. The second kappa shape index (κ2) is 6.33. The molecule has 1 atom stereocenters. The fourth-order valence-corrected chi connectivity index (χ4v) is 3.24. The molecule has 1 heterocycles. The Morgan fingerprint density at radius 1 is 1.22 bits per heavy atom. The third kappa shape index (κ3) is 3.11. The van der Waals surface area contributed by atoms with Crippen LogP contribution in [0.3, 0.4) is 0 Å². The molecule has 1 aromatic rings. The topological polar surface area (TPSA) is 24.9 Å². The molecular formula is C16H26N2. The van der Waals surface area contributed by atoms with Crippen molar-refractivity contribution in [2.75, 3.05) is 6.54 Å². The highest BCUT2D eigenvalue weighted by Gasteiger charge is 2.25. The molecule has 2 heteroatoms. The highest BCUT2D eigenvalue weighted by Crippen LogP contribution is 2.35. The van der Waals surface area contributed by atoms with Gasteiger partial charge in [0, 0.05) is 17.4 Å². The smallest absolute Gasteiger partial charge is 0.0423 e. The van der Waals surface area contributed by atoms with Gasteiger partial charge in [0.25, 0.3) is 0 Å². The molecule has 100 valence electrons. The van der Waals surface area contributed by atoms with Gasteiger partial charge in [-0.25, -0.2) is 0 Å². The lowest BCUT2D eigenvalue weighted by molar-refractivity contribution is 0.273. The Morgan fingerprint density at radius 3 is 2.56 bits per heavy atom. The van der Waals surface area contributed by atoms with Gasteiger partial charge in [0.05, 0.1) is 0 Å². The molecule has 1 aromatic heterocycles. The van der Waals surface area contributed by atoms with Crippen LogP contribution in [0.5, 0.6) is 0 Å². The molecule has 2 rings (SSSR count). The zero-order valence-electron chi connectivity index (χ0n) is 12.0. The summed E-state index contributed by atoms with van der Waals surface area (Å²) in [5.41, 5.74) is 3.73. The first-order valence-corrected chi connectivity index (χ1v) is 7.40. The van der Waals surface area contributed by atoms with Crippen molar-refractivity contribution in [2.45, 2.75) is 58.9 Å². The number of aryl methyl sites for hydroxylation is 2. The van der Waals surface area contributed by atoms with E-state index in [2.05, 4.69) is 43.2 Å². The second-order valence-corrected chi connectivity index (χ2v) is 5.56. The van der Waals surface area contributed by atoms with Crippen LogP contribution < -0.4 is 5.32 Å². The third-order valence-electron chi connectivity index (χ3n) is 4.15. The Balaban J connectivity index is 2.22. The number of aromatic nitrogens is 1. The van der Waals surface area contributed by atoms with Crippen LogP contribution >= 0.6 is 0 Å². The molecule has 2 nitrogen and oxygen atoms in total. The van der Waals surface area contributed by atoms with Crippen LogP contribution in [0, 0.1) is 19.8 Å². The molecule has 1 N–H and O–H groups in total. The summed E-state index contributed by atoms with van der Waals surface area (Å²) < 4.78 is 0. The van der Waals surface area contributed by atoms with E-state index in [9.17, 15) is 0 Å². The maximum atomic E-state index is 4.63. The predicted octanol–water partition coefficient (Wildman–Crippen LogP) is 3.93. The SMILES string of the molecule is CCNC(c1ccc(C)nc1C)C1CCCCC1. The fourth-order valence-electron chi connectivity index (χ4n) is 3.24. The average molecular weight is 246 g/mol. The summed E-state index contributed by atoms with van der Waals surface area (Å²) >= 11 is 0. The van der Waals surface area contributed by atoms with Crippen molar-refractivity contribution < 1.29 is 0 Å². The van der Waals surface area contributed by atoms with Gasteiger partial charge in [0.15, 0.2) is 0 Å². The zero-order chi connectivity index (χ0) is 13.0. The zero-order valence-corrected chi connectivity index (χ0v) is 12.0. The molecule has 0 amide bonds. The standard InChI is InChI=1S/C16H26N2/c1-4-17-16(14-8-6-5-7-9-14)15-11-10-12(2)18-13(15)3/h10-11,14,16-17H,4-9H2,1-3H3. The van der Waals surface area contributed by atoms with Crippen LogP contribution in [0.1, 0.15) is 62.0 Å². The summed E-state index contributed by atoms with van der Waals surface area (Å²) in [6.45, 7) is 7.45. The number of pyridine rings is 1. The van der Waals surface area contributed by atoms with Gasteiger partial charge in [-0.1, -0.05) is 32.3 Å². The minimum atomic E-state index is 0.503. The molecule has 0 saturated heterocycles. The van der Waals surface area contributed by atoms with E-state index in [-0.39, 0.29) is 0 Å². The Hall–Kier alpha value is -0.890. The molecule has 1 aliphatic carbocycles. The molecule has 18 heavy (non-hydrogen) atoms.